The molecule has 4 aromatic rings. The molecule has 0 radical (unpaired) electrons. The Labute approximate surface area is 186 Å². The quantitative estimate of drug-likeness (QED) is 0.393. The van der Waals surface area contributed by atoms with Gasteiger partial charge in [0.25, 0.3) is 0 Å². The fourth-order valence-electron chi connectivity index (χ4n) is 3.17. The number of fused-ring (bicyclic) bond motifs is 1. The molecule has 0 saturated heterocycles. The summed E-state index contributed by atoms with van der Waals surface area (Å²) in [6.45, 7) is 0.281. The molecule has 1 N–H and O–H groups in total. The van der Waals surface area contributed by atoms with Crippen LogP contribution in [0.3, 0.4) is 0 Å². The summed E-state index contributed by atoms with van der Waals surface area (Å²) in [5.74, 6) is -0.244. The highest BCUT2D eigenvalue weighted by Gasteiger charge is 2.20. The third-order valence-electron chi connectivity index (χ3n) is 4.70. The zero-order valence-electron chi connectivity index (χ0n) is 15.8. The Balaban J connectivity index is 1.61. The van der Waals surface area contributed by atoms with E-state index in [4.69, 9.17) is 11.6 Å². The van der Waals surface area contributed by atoms with Gasteiger partial charge in [-0.05, 0) is 48.0 Å². The van der Waals surface area contributed by atoms with Crippen LogP contribution in [0.4, 0.5) is 0 Å². The zero-order valence-corrected chi connectivity index (χ0v) is 18.2. The van der Waals surface area contributed by atoms with E-state index in [1.165, 1.54) is 0 Å². The van der Waals surface area contributed by atoms with Crippen LogP contribution >= 0.6 is 27.5 Å². The van der Waals surface area contributed by atoms with Gasteiger partial charge in [0.05, 0.1) is 11.0 Å². The van der Waals surface area contributed by atoms with E-state index in [2.05, 4.69) is 26.2 Å². The molecule has 5 nitrogen and oxygen atoms in total. The number of carbonyl (C=O) groups is 2. The Hall–Kier alpha value is -2.96. The predicted molar refractivity (Wildman–Crippen MR) is 121 cm³/mol. The summed E-state index contributed by atoms with van der Waals surface area (Å²) < 4.78 is 2.54. The van der Waals surface area contributed by atoms with Gasteiger partial charge < -0.3 is 9.88 Å². The van der Waals surface area contributed by atoms with Crippen LogP contribution in [0.5, 0.6) is 0 Å². The third-order valence-corrected chi connectivity index (χ3v) is 5.60. The molecule has 0 aliphatic rings. The minimum absolute atomic E-state index is 0.0252. The molecule has 1 amide bonds. The average molecular weight is 483 g/mol. The first-order chi connectivity index (χ1) is 14.5. The molecule has 0 spiro atoms. The van der Waals surface area contributed by atoms with Gasteiger partial charge in [-0.15, -0.1) is 0 Å². The minimum atomic E-state index is -0.238. The van der Waals surface area contributed by atoms with Gasteiger partial charge in [0.2, 0.25) is 11.7 Å². The molecular weight excluding hydrogens is 466 g/mol. The van der Waals surface area contributed by atoms with Crippen molar-refractivity contribution in [2.75, 3.05) is 0 Å². The highest BCUT2D eigenvalue weighted by molar-refractivity contribution is 9.10. The highest BCUT2D eigenvalue weighted by atomic mass is 79.9. The summed E-state index contributed by atoms with van der Waals surface area (Å²) in [5, 5.41) is 3.46. The minimum Gasteiger partial charge on any atom is -0.350 e. The number of imidazole rings is 1. The second kappa shape index (κ2) is 8.81. The number of benzene rings is 3. The van der Waals surface area contributed by atoms with Crippen molar-refractivity contribution in [3.63, 3.8) is 0 Å². The maximum Gasteiger partial charge on any atom is 0.240 e. The lowest BCUT2D eigenvalue weighted by atomic mass is 10.1. The fraction of sp³-hybridized carbons (Fsp3) is 0.0870. The number of amides is 1. The summed E-state index contributed by atoms with van der Waals surface area (Å²) >= 11 is 9.53. The van der Waals surface area contributed by atoms with Gasteiger partial charge in [-0.3, -0.25) is 9.59 Å². The van der Waals surface area contributed by atoms with Crippen LogP contribution < -0.4 is 5.32 Å². The van der Waals surface area contributed by atoms with Gasteiger partial charge in [0.1, 0.15) is 6.54 Å². The van der Waals surface area contributed by atoms with E-state index in [1.54, 1.807) is 34.9 Å². The van der Waals surface area contributed by atoms with Gasteiger partial charge >= 0.3 is 0 Å². The molecule has 7 heteroatoms. The van der Waals surface area contributed by atoms with Crippen molar-refractivity contribution in [1.29, 1.82) is 0 Å². The van der Waals surface area contributed by atoms with Crippen molar-refractivity contribution in [1.82, 2.24) is 14.9 Å². The Bertz CT molecular complexity index is 1230. The summed E-state index contributed by atoms with van der Waals surface area (Å²) in [6.07, 6.45) is 0. The Morgan fingerprint density at radius 3 is 2.43 bits per heavy atom. The van der Waals surface area contributed by atoms with E-state index in [1.807, 2.05) is 42.5 Å². The first-order valence-electron chi connectivity index (χ1n) is 9.28. The molecule has 30 heavy (non-hydrogen) atoms. The van der Waals surface area contributed by atoms with Crippen LogP contribution in [0.15, 0.2) is 77.3 Å². The Morgan fingerprint density at radius 2 is 1.67 bits per heavy atom. The van der Waals surface area contributed by atoms with Crippen LogP contribution in [0.1, 0.15) is 21.7 Å². The Morgan fingerprint density at radius 1 is 0.967 bits per heavy atom. The molecule has 0 aliphatic carbocycles. The first-order valence-corrected chi connectivity index (χ1v) is 10.5. The molecule has 150 valence electrons. The molecular formula is C23H17BrClN3O2. The molecule has 0 atom stereocenters. The summed E-state index contributed by atoms with van der Waals surface area (Å²) in [5.41, 5.74) is 2.73. The van der Waals surface area contributed by atoms with Gasteiger partial charge in [0.15, 0.2) is 5.82 Å². The van der Waals surface area contributed by atoms with Crippen LogP contribution in [0, 0.1) is 0 Å². The maximum atomic E-state index is 13.1. The smallest absolute Gasteiger partial charge is 0.240 e. The van der Waals surface area contributed by atoms with Crippen molar-refractivity contribution >= 4 is 50.3 Å². The number of para-hydroxylation sites is 2. The number of nitrogens with one attached hydrogen (secondary N) is 1. The molecule has 4 rings (SSSR count). The predicted octanol–water partition coefficient (Wildman–Crippen LogP) is 5.00. The lowest BCUT2D eigenvalue weighted by Gasteiger charge is -2.10. The van der Waals surface area contributed by atoms with Crippen LogP contribution in [0.2, 0.25) is 5.02 Å². The van der Waals surface area contributed by atoms with Crippen molar-refractivity contribution in [3.05, 3.63) is 99.2 Å². The molecule has 0 saturated carbocycles. The van der Waals surface area contributed by atoms with E-state index >= 15 is 0 Å². The first kappa shape index (κ1) is 20.3. The average Bonchev–Trinajstić information content (AvgIpc) is 3.11. The second-order valence-electron chi connectivity index (χ2n) is 6.71. The number of aromatic nitrogens is 2. The van der Waals surface area contributed by atoms with E-state index in [-0.39, 0.29) is 24.1 Å². The van der Waals surface area contributed by atoms with E-state index in [0.717, 1.165) is 15.6 Å². The number of rotatable bonds is 6. The van der Waals surface area contributed by atoms with Crippen molar-refractivity contribution in [2.24, 2.45) is 0 Å². The van der Waals surface area contributed by atoms with Crippen molar-refractivity contribution < 1.29 is 9.59 Å². The number of nitrogens with zero attached hydrogens (tertiary/aromatic N) is 2. The number of hydrogen-bond acceptors (Lipinski definition) is 3. The zero-order chi connectivity index (χ0) is 21.1. The van der Waals surface area contributed by atoms with Crippen molar-refractivity contribution in [3.8, 4) is 0 Å². The number of hydrogen-bond donors (Lipinski definition) is 1. The van der Waals surface area contributed by atoms with Crippen LogP contribution in [-0.4, -0.2) is 21.2 Å². The Kier molecular flexibility index (Phi) is 5.97. The van der Waals surface area contributed by atoms with E-state index in [9.17, 15) is 9.59 Å². The lowest BCUT2D eigenvalue weighted by Crippen LogP contribution is -2.28. The van der Waals surface area contributed by atoms with Gasteiger partial charge in [-0.25, -0.2) is 4.98 Å². The molecule has 1 aromatic heterocycles. The molecule has 3 aromatic carbocycles. The van der Waals surface area contributed by atoms with Crippen LogP contribution in [0.25, 0.3) is 11.0 Å². The van der Waals surface area contributed by atoms with Crippen LogP contribution in [-0.2, 0) is 17.9 Å². The van der Waals surface area contributed by atoms with Gasteiger partial charge in [-0.1, -0.05) is 57.9 Å². The standard InChI is InChI=1S/C23H17BrClN3O2/c24-17-11-9-15(10-12-17)22(30)23-27-19-7-3-4-8-20(19)28(23)14-21(29)26-13-16-5-1-2-6-18(16)25/h1-12H,13-14H2,(H,26,29). The molecule has 0 aliphatic heterocycles. The summed E-state index contributed by atoms with van der Waals surface area (Å²) in [6, 6.07) is 21.8. The van der Waals surface area contributed by atoms with Gasteiger partial charge in [-0.2, -0.15) is 0 Å². The molecule has 0 fully saturated rings. The lowest BCUT2D eigenvalue weighted by molar-refractivity contribution is -0.121. The SMILES string of the molecule is O=C(Cn1c(C(=O)c2ccc(Br)cc2)nc2ccccc21)NCc1ccccc1Cl. The summed E-state index contributed by atoms with van der Waals surface area (Å²) in [7, 11) is 0. The molecule has 0 bridgehead atoms. The van der Waals surface area contributed by atoms with Crippen molar-refractivity contribution in [2.45, 2.75) is 13.1 Å². The third kappa shape index (κ3) is 4.30. The number of halogens is 2. The van der Waals surface area contributed by atoms with Gasteiger partial charge in [0, 0.05) is 21.6 Å². The normalized spacial score (nSPS) is 10.9. The number of ketones is 1. The number of carbonyl (C=O) groups excluding carboxylic acids is 2. The largest absolute Gasteiger partial charge is 0.350 e. The second-order valence-corrected chi connectivity index (χ2v) is 8.04. The maximum absolute atomic E-state index is 13.1. The topological polar surface area (TPSA) is 64.0 Å². The van der Waals surface area contributed by atoms with E-state index in [0.29, 0.717) is 22.6 Å². The molecule has 0 unspecified atom stereocenters. The molecule has 1 heterocycles. The monoisotopic (exact) mass is 481 g/mol. The summed E-state index contributed by atoms with van der Waals surface area (Å²) in [4.78, 5) is 30.3. The van der Waals surface area contributed by atoms with E-state index < -0.39 is 0 Å². The fourth-order valence-corrected chi connectivity index (χ4v) is 3.64. The highest BCUT2D eigenvalue weighted by Crippen LogP contribution is 2.20.